The van der Waals surface area contributed by atoms with Crippen molar-refractivity contribution in [3.05, 3.63) is 23.8 Å². The highest BCUT2D eigenvalue weighted by molar-refractivity contribution is 6.02. The molecule has 0 aliphatic rings. The Kier molecular flexibility index (Phi) is 5.99. The van der Waals surface area contributed by atoms with Gasteiger partial charge in [-0.25, -0.2) is 4.79 Å². The Balaban J connectivity index is 2.89. The van der Waals surface area contributed by atoms with Gasteiger partial charge in [0.25, 0.3) is 0 Å². The van der Waals surface area contributed by atoms with Crippen molar-refractivity contribution in [3.63, 3.8) is 0 Å². The van der Waals surface area contributed by atoms with Gasteiger partial charge in [0.1, 0.15) is 17.5 Å². The van der Waals surface area contributed by atoms with Gasteiger partial charge in [0.2, 0.25) is 0 Å². The van der Waals surface area contributed by atoms with Crippen LogP contribution in [0.15, 0.2) is 23.2 Å². The van der Waals surface area contributed by atoms with Crippen molar-refractivity contribution in [1.29, 1.82) is 0 Å². The molecule has 0 aliphatic carbocycles. The number of hydrogen-bond acceptors (Lipinski definition) is 5. The van der Waals surface area contributed by atoms with E-state index in [1.807, 2.05) is 0 Å². The molecule has 0 aliphatic heterocycles. The van der Waals surface area contributed by atoms with E-state index in [-0.39, 0.29) is 11.5 Å². The zero-order chi connectivity index (χ0) is 15.1. The fourth-order valence-electron chi connectivity index (χ4n) is 1.85. The van der Waals surface area contributed by atoms with E-state index in [9.17, 15) is 15.0 Å². The number of carboxylic acid groups (broad SMARTS) is 1. The van der Waals surface area contributed by atoms with Gasteiger partial charge >= 0.3 is 5.97 Å². The van der Waals surface area contributed by atoms with Gasteiger partial charge in [-0.1, -0.05) is 0 Å². The number of nitrogens with zero attached hydrogens (tertiary/aromatic N) is 1. The van der Waals surface area contributed by atoms with Gasteiger partial charge in [-0.05, 0) is 44.9 Å². The fourth-order valence-corrected chi connectivity index (χ4v) is 1.85. The minimum absolute atomic E-state index is 0.0585. The van der Waals surface area contributed by atoms with Crippen molar-refractivity contribution in [2.75, 3.05) is 6.54 Å². The predicted octanol–water partition coefficient (Wildman–Crippen LogP) is 1.49. The van der Waals surface area contributed by atoms with Crippen molar-refractivity contribution < 1.29 is 20.1 Å². The molecule has 110 valence electrons. The molecule has 0 saturated carbocycles. The number of aliphatic imine (C=N–C) groups is 1. The molecular weight excluding hydrogens is 260 g/mol. The zero-order valence-corrected chi connectivity index (χ0v) is 11.4. The maximum Gasteiger partial charge on any atom is 0.328 e. The van der Waals surface area contributed by atoms with E-state index >= 15 is 0 Å². The zero-order valence-electron chi connectivity index (χ0n) is 11.4. The fraction of sp³-hybridized carbons (Fsp3) is 0.429. The number of rotatable bonds is 7. The van der Waals surface area contributed by atoms with E-state index < -0.39 is 12.0 Å². The summed E-state index contributed by atoms with van der Waals surface area (Å²) >= 11 is 0. The lowest BCUT2D eigenvalue weighted by atomic mass is 10.1. The van der Waals surface area contributed by atoms with Crippen LogP contribution < -0.4 is 5.73 Å². The Morgan fingerprint density at radius 2 is 2.05 bits per heavy atom. The molecule has 0 spiro atoms. The van der Waals surface area contributed by atoms with Crippen LogP contribution in [0.3, 0.4) is 0 Å². The molecule has 0 aromatic heterocycles. The molecule has 1 unspecified atom stereocenters. The number of carbonyl (C=O) groups is 1. The molecule has 6 nitrogen and oxygen atoms in total. The summed E-state index contributed by atoms with van der Waals surface area (Å²) in [6, 6.07) is 3.26. The van der Waals surface area contributed by atoms with Crippen LogP contribution in [-0.4, -0.2) is 39.6 Å². The lowest BCUT2D eigenvalue weighted by Crippen LogP contribution is -2.20. The van der Waals surface area contributed by atoms with Crippen molar-refractivity contribution in [1.82, 2.24) is 0 Å². The Morgan fingerprint density at radius 1 is 1.35 bits per heavy atom. The number of benzene rings is 1. The first-order chi connectivity index (χ1) is 9.45. The number of phenolic OH excluding ortho intramolecular Hbond substituents is 2. The third-order valence-electron chi connectivity index (χ3n) is 2.94. The van der Waals surface area contributed by atoms with Gasteiger partial charge in [0, 0.05) is 17.3 Å². The topological polar surface area (TPSA) is 116 Å². The van der Waals surface area contributed by atoms with Crippen LogP contribution in [0.1, 0.15) is 31.7 Å². The molecule has 20 heavy (non-hydrogen) atoms. The molecule has 6 heteroatoms. The van der Waals surface area contributed by atoms with Gasteiger partial charge in [0.05, 0.1) is 0 Å². The number of aliphatic carboxylic acids is 1. The second kappa shape index (κ2) is 7.49. The largest absolute Gasteiger partial charge is 0.508 e. The molecule has 0 bridgehead atoms. The standard InChI is InChI=1S/C14H20N2O4/c1-9(11-6-5-10(17)8-13(11)18)16-12(14(19)20)4-2-3-7-15/h5-6,8,12,17-18H,2-4,7,15H2,1H3,(H,19,20). The van der Waals surface area contributed by atoms with E-state index in [1.54, 1.807) is 6.92 Å². The lowest BCUT2D eigenvalue weighted by molar-refractivity contribution is -0.138. The molecule has 1 aromatic rings. The van der Waals surface area contributed by atoms with Crippen LogP contribution in [0.5, 0.6) is 11.5 Å². The molecule has 0 radical (unpaired) electrons. The number of carboxylic acids is 1. The summed E-state index contributed by atoms with van der Waals surface area (Å²) in [6.07, 6.45) is 1.84. The molecule has 1 aromatic carbocycles. The number of hydrogen-bond donors (Lipinski definition) is 4. The van der Waals surface area contributed by atoms with Gasteiger partial charge in [-0.3, -0.25) is 4.99 Å². The Hall–Kier alpha value is -2.08. The van der Waals surface area contributed by atoms with Crippen molar-refractivity contribution in [2.45, 2.75) is 32.2 Å². The number of nitrogens with two attached hydrogens (primary N) is 1. The summed E-state index contributed by atoms with van der Waals surface area (Å²) in [4.78, 5) is 15.3. The molecule has 1 rings (SSSR count). The average Bonchev–Trinajstić information content (AvgIpc) is 2.37. The van der Waals surface area contributed by atoms with E-state index in [4.69, 9.17) is 10.8 Å². The number of aromatic hydroxyl groups is 2. The van der Waals surface area contributed by atoms with Crippen LogP contribution in [0.25, 0.3) is 0 Å². The Labute approximate surface area is 117 Å². The first-order valence-corrected chi connectivity index (χ1v) is 6.45. The second-order valence-electron chi connectivity index (χ2n) is 4.55. The van der Waals surface area contributed by atoms with Crippen molar-refractivity contribution in [3.8, 4) is 11.5 Å². The lowest BCUT2D eigenvalue weighted by Gasteiger charge is -2.10. The van der Waals surface area contributed by atoms with Crippen LogP contribution in [0.2, 0.25) is 0 Å². The van der Waals surface area contributed by atoms with Crippen LogP contribution in [0.4, 0.5) is 0 Å². The highest BCUT2D eigenvalue weighted by Crippen LogP contribution is 2.23. The quantitative estimate of drug-likeness (QED) is 0.446. The van der Waals surface area contributed by atoms with E-state index in [0.29, 0.717) is 30.7 Å². The van der Waals surface area contributed by atoms with Gasteiger partial charge < -0.3 is 21.1 Å². The summed E-state index contributed by atoms with van der Waals surface area (Å²) < 4.78 is 0. The summed E-state index contributed by atoms with van der Waals surface area (Å²) in [6.45, 7) is 2.15. The Bertz CT molecular complexity index is 500. The second-order valence-corrected chi connectivity index (χ2v) is 4.55. The summed E-state index contributed by atoms with van der Waals surface area (Å²) in [5, 5.41) is 28.1. The molecule has 1 atom stereocenters. The van der Waals surface area contributed by atoms with Gasteiger partial charge in [-0.2, -0.15) is 0 Å². The SMILES string of the molecule is CC(=NC(CCCCN)C(=O)O)c1ccc(O)cc1O. The first kappa shape index (κ1) is 16.0. The molecule has 0 amide bonds. The smallest absolute Gasteiger partial charge is 0.328 e. The summed E-state index contributed by atoms with van der Waals surface area (Å²) in [7, 11) is 0. The molecule has 0 fully saturated rings. The van der Waals surface area contributed by atoms with Gasteiger partial charge in [-0.15, -0.1) is 0 Å². The maximum atomic E-state index is 11.2. The van der Waals surface area contributed by atoms with E-state index in [0.717, 1.165) is 6.42 Å². The van der Waals surface area contributed by atoms with Crippen LogP contribution in [-0.2, 0) is 4.79 Å². The average molecular weight is 280 g/mol. The van der Waals surface area contributed by atoms with Crippen molar-refractivity contribution in [2.24, 2.45) is 10.7 Å². The third-order valence-corrected chi connectivity index (χ3v) is 2.94. The Morgan fingerprint density at radius 3 is 2.60 bits per heavy atom. The maximum absolute atomic E-state index is 11.2. The molecule has 0 heterocycles. The third kappa shape index (κ3) is 4.55. The normalized spacial score (nSPS) is 13.2. The predicted molar refractivity (Wildman–Crippen MR) is 76.3 cm³/mol. The highest BCUT2D eigenvalue weighted by Gasteiger charge is 2.17. The highest BCUT2D eigenvalue weighted by atomic mass is 16.4. The first-order valence-electron chi connectivity index (χ1n) is 6.45. The number of unbranched alkanes of at least 4 members (excludes halogenated alkanes) is 1. The molecule has 5 N–H and O–H groups in total. The minimum Gasteiger partial charge on any atom is -0.508 e. The monoisotopic (exact) mass is 280 g/mol. The van der Waals surface area contributed by atoms with E-state index in [2.05, 4.69) is 4.99 Å². The van der Waals surface area contributed by atoms with Crippen LogP contribution in [0, 0.1) is 0 Å². The number of phenols is 2. The summed E-state index contributed by atoms with van der Waals surface area (Å²) in [5.74, 6) is -1.19. The van der Waals surface area contributed by atoms with Gasteiger partial charge in [0.15, 0.2) is 0 Å². The molecular formula is C14H20N2O4. The van der Waals surface area contributed by atoms with Crippen molar-refractivity contribution >= 4 is 11.7 Å². The van der Waals surface area contributed by atoms with Crippen LogP contribution >= 0.6 is 0 Å². The minimum atomic E-state index is -1.00. The summed E-state index contributed by atoms with van der Waals surface area (Å²) in [5.41, 5.74) is 6.21. The van der Waals surface area contributed by atoms with E-state index in [1.165, 1.54) is 18.2 Å². The molecule has 0 saturated heterocycles.